The molecular formula is C35H47N5O2. The summed E-state index contributed by atoms with van der Waals surface area (Å²) in [4.78, 5) is 36.9. The van der Waals surface area contributed by atoms with Crippen molar-refractivity contribution in [3.8, 4) is 0 Å². The fraction of sp³-hybridized carbons (Fsp3) is 0.457. The van der Waals surface area contributed by atoms with Gasteiger partial charge in [-0.15, -0.1) is 0 Å². The van der Waals surface area contributed by atoms with Crippen LogP contribution in [0.1, 0.15) is 83.0 Å². The van der Waals surface area contributed by atoms with E-state index in [-0.39, 0.29) is 11.9 Å². The van der Waals surface area contributed by atoms with Crippen molar-refractivity contribution in [1.82, 2.24) is 14.8 Å². The Kier molecular flexibility index (Phi) is 10.4. The van der Waals surface area contributed by atoms with Gasteiger partial charge in [0.1, 0.15) is 0 Å². The Balaban J connectivity index is 1.39. The predicted molar refractivity (Wildman–Crippen MR) is 171 cm³/mol. The molecule has 3 aromatic rings. The van der Waals surface area contributed by atoms with Gasteiger partial charge in [-0.25, -0.2) is 0 Å². The summed E-state index contributed by atoms with van der Waals surface area (Å²) in [6.45, 7) is 16.0. The van der Waals surface area contributed by atoms with Gasteiger partial charge >= 0.3 is 0 Å². The Morgan fingerprint density at radius 3 is 2.19 bits per heavy atom. The number of carbonyl (C=O) groups excluding carboxylic acids is 2. The molecule has 1 atom stereocenters. The number of pyridine rings is 1. The van der Waals surface area contributed by atoms with Crippen molar-refractivity contribution in [2.24, 2.45) is 5.73 Å². The van der Waals surface area contributed by atoms with Crippen molar-refractivity contribution in [2.45, 2.75) is 85.5 Å². The van der Waals surface area contributed by atoms with Gasteiger partial charge in [0.15, 0.2) is 0 Å². The maximum atomic E-state index is 13.7. The summed E-state index contributed by atoms with van der Waals surface area (Å²) in [5.74, 6) is -0.455. The van der Waals surface area contributed by atoms with Gasteiger partial charge in [0.05, 0.1) is 0 Å². The lowest BCUT2D eigenvalue weighted by Crippen LogP contribution is -2.48. The first-order chi connectivity index (χ1) is 20.1. The first-order valence-electron chi connectivity index (χ1n) is 15.2. The molecule has 0 unspecified atom stereocenters. The summed E-state index contributed by atoms with van der Waals surface area (Å²) in [6.07, 6.45) is 6.95. The fourth-order valence-electron chi connectivity index (χ4n) is 6.22. The van der Waals surface area contributed by atoms with E-state index >= 15 is 0 Å². The number of carbonyl (C=O) groups is 2. The molecule has 1 fully saturated rings. The van der Waals surface area contributed by atoms with E-state index in [0.717, 1.165) is 50.0 Å². The Morgan fingerprint density at radius 1 is 0.976 bits per heavy atom. The lowest BCUT2D eigenvalue weighted by Gasteiger charge is -2.42. The van der Waals surface area contributed by atoms with Crippen LogP contribution in [-0.2, 0) is 6.54 Å². The minimum absolute atomic E-state index is 0.0196. The maximum absolute atomic E-state index is 13.7. The molecule has 2 aromatic carbocycles. The summed E-state index contributed by atoms with van der Waals surface area (Å²) in [5.41, 5.74) is 12.0. The molecule has 1 aliphatic rings. The number of aryl methyl sites for hydroxylation is 3. The summed E-state index contributed by atoms with van der Waals surface area (Å²) >= 11 is 0. The number of para-hydroxylation sites is 1. The van der Waals surface area contributed by atoms with Gasteiger partial charge in [0, 0.05) is 73.5 Å². The van der Waals surface area contributed by atoms with Crippen molar-refractivity contribution in [3.05, 3.63) is 94.3 Å². The number of rotatable bonds is 11. The van der Waals surface area contributed by atoms with E-state index in [1.165, 1.54) is 16.8 Å². The lowest BCUT2D eigenvalue weighted by atomic mass is 9.97. The quantitative estimate of drug-likeness (QED) is 0.311. The first kappa shape index (κ1) is 31.2. The molecule has 0 radical (unpaired) electrons. The fourth-order valence-corrected chi connectivity index (χ4v) is 6.22. The number of hydrogen-bond donors (Lipinski definition) is 1. The van der Waals surface area contributed by atoms with E-state index in [1.54, 1.807) is 12.1 Å². The van der Waals surface area contributed by atoms with Crippen LogP contribution in [0.3, 0.4) is 0 Å². The molecule has 0 bridgehead atoms. The maximum Gasteiger partial charge on any atom is 0.254 e. The van der Waals surface area contributed by atoms with Gasteiger partial charge in [-0.1, -0.05) is 18.2 Å². The van der Waals surface area contributed by atoms with Crippen molar-refractivity contribution in [1.29, 1.82) is 0 Å². The van der Waals surface area contributed by atoms with Gasteiger partial charge in [-0.2, -0.15) is 0 Å². The van der Waals surface area contributed by atoms with E-state index in [9.17, 15) is 9.59 Å². The molecular weight excluding hydrogens is 522 g/mol. The zero-order chi connectivity index (χ0) is 30.4. The van der Waals surface area contributed by atoms with Crippen LogP contribution in [0.4, 0.5) is 5.69 Å². The minimum atomic E-state index is -0.474. The monoisotopic (exact) mass is 569 g/mol. The largest absolute Gasteiger partial charge is 0.366 e. The number of aromatic nitrogens is 1. The average Bonchev–Trinajstić information content (AvgIpc) is 2.96. The highest BCUT2D eigenvalue weighted by Crippen LogP contribution is 2.28. The number of nitrogens with two attached hydrogens (primary N) is 1. The van der Waals surface area contributed by atoms with Crippen LogP contribution < -0.4 is 10.6 Å². The Morgan fingerprint density at radius 2 is 1.62 bits per heavy atom. The summed E-state index contributed by atoms with van der Waals surface area (Å²) in [6, 6.07) is 17.2. The molecule has 224 valence electrons. The topological polar surface area (TPSA) is 82.8 Å². The van der Waals surface area contributed by atoms with Gasteiger partial charge in [-0.3, -0.25) is 14.6 Å². The molecule has 0 aliphatic carbocycles. The predicted octanol–water partition coefficient (Wildman–Crippen LogP) is 5.91. The van der Waals surface area contributed by atoms with Gasteiger partial charge in [0.2, 0.25) is 5.91 Å². The molecule has 2 N–H and O–H groups in total. The zero-order valence-corrected chi connectivity index (χ0v) is 26.1. The Bertz CT molecular complexity index is 1340. The Labute approximate surface area is 251 Å². The summed E-state index contributed by atoms with van der Waals surface area (Å²) < 4.78 is 0. The van der Waals surface area contributed by atoms with Crippen LogP contribution >= 0.6 is 0 Å². The van der Waals surface area contributed by atoms with Crippen LogP contribution in [0.5, 0.6) is 0 Å². The minimum Gasteiger partial charge on any atom is -0.366 e. The molecule has 1 saturated heterocycles. The van der Waals surface area contributed by atoms with E-state index < -0.39 is 5.91 Å². The number of likely N-dealkylation sites (tertiary alicyclic amines) is 1. The number of piperidine rings is 1. The third-order valence-electron chi connectivity index (χ3n) is 8.84. The van der Waals surface area contributed by atoms with Crippen molar-refractivity contribution < 1.29 is 9.59 Å². The first-order valence-corrected chi connectivity index (χ1v) is 15.2. The van der Waals surface area contributed by atoms with E-state index in [0.29, 0.717) is 29.8 Å². The number of nitrogens with zero attached hydrogens (tertiary/aromatic N) is 4. The van der Waals surface area contributed by atoms with E-state index in [2.05, 4.69) is 78.9 Å². The highest BCUT2D eigenvalue weighted by molar-refractivity contribution is 6.00. The molecule has 2 heterocycles. The van der Waals surface area contributed by atoms with Crippen LogP contribution in [0.25, 0.3) is 0 Å². The molecule has 7 nitrogen and oxygen atoms in total. The Hall–Kier alpha value is -3.71. The smallest absolute Gasteiger partial charge is 0.254 e. The average molecular weight is 570 g/mol. The molecule has 7 heteroatoms. The third-order valence-corrected chi connectivity index (χ3v) is 8.84. The molecule has 1 aliphatic heterocycles. The number of anilines is 1. The molecule has 2 amide bonds. The highest BCUT2D eigenvalue weighted by atomic mass is 16.2. The number of amides is 2. The summed E-state index contributed by atoms with van der Waals surface area (Å²) in [5, 5.41) is 0. The molecule has 0 saturated carbocycles. The second kappa shape index (κ2) is 14.0. The molecule has 0 spiro atoms. The number of hydrogen-bond acceptors (Lipinski definition) is 5. The second-order valence-corrected chi connectivity index (χ2v) is 12.1. The normalized spacial score (nSPS) is 15.0. The van der Waals surface area contributed by atoms with Crippen LogP contribution in [0.15, 0.2) is 60.9 Å². The van der Waals surface area contributed by atoms with E-state index in [4.69, 9.17) is 5.73 Å². The van der Waals surface area contributed by atoms with Gasteiger partial charge in [-0.05, 0) is 113 Å². The second-order valence-electron chi connectivity index (χ2n) is 12.1. The SMILES string of the molecule is Cc1ccncc1CN(c1ccccc1)C1CCN([C@H](C)CCN(C(=O)c2c(C)cc(C(N)=O)cc2C)C(C)C)CC1. The van der Waals surface area contributed by atoms with Crippen LogP contribution in [0.2, 0.25) is 0 Å². The van der Waals surface area contributed by atoms with Gasteiger partial charge in [0.25, 0.3) is 5.91 Å². The molecule has 4 rings (SSSR count). The van der Waals surface area contributed by atoms with E-state index in [1.807, 2.05) is 31.1 Å². The third kappa shape index (κ3) is 7.37. The molecule has 42 heavy (non-hydrogen) atoms. The molecule has 1 aromatic heterocycles. The highest BCUT2D eigenvalue weighted by Gasteiger charge is 2.29. The van der Waals surface area contributed by atoms with Gasteiger partial charge < -0.3 is 20.4 Å². The number of benzene rings is 2. The van der Waals surface area contributed by atoms with Crippen LogP contribution in [0, 0.1) is 20.8 Å². The zero-order valence-electron chi connectivity index (χ0n) is 26.1. The summed E-state index contributed by atoms with van der Waals surface area (Å²) in [7, 11) is 0. The van der Waals surface area contributed by atoms with Crippen molar-refractivity contribution in [3.63, 3.8) is 0 Å². The van der Waals surface area contributed by atoms with Crippen LogP contribution in [-0.4, -0.2) is 64.4 Å². The standard InChI is InChI=1S/C35H47N5O2/c1-24(2)39(35(42)33-26(4)20-29(34(36)41)21-27(33)5)19-13-28(6)38-17-14-32(15-18-38)40(31-10-8-7-9-11-31)23-30-22-37-16-12-25(30)3/h7-12,16,20-22,24,28,32H,13-15,17-19,23H2,1-6H3,(H2,36,41)/t28-/m1/s1. The number of primary amides is 1. The lowest BCUT2D eigenvalue weighted by molar-refractivity contribution is 0.0671. The van der Waals surface area contributed by atoms with Crippen molar-refractivity contribution >= 4 is 17.5 Å². The van der Waals surface area contributed by atoms with Crippen molar-refractivity contribution in [2.75, 3.05) is 24.5 Å².